The van der Waals surface area contributed by atoms with Gasteiger partial charge in [0.25, 0.3) is 0 Å². The first kappa shape index (κ1) is 13.2. The molecule has 0 saturated carbocycles. The van der Waals surface area contributed by atoms with Crippen LogP contribution in [0.1, 0.15) is 5.56 Å². The molecule has 0 fully saturated rings. The second-order valence-corrected chi connectivity index (χ2v) is 9.60. The molecule has 5 heteroatoms. The summed E-state index contributed by atoms with van der Waals surface area (Å²) in [6.07, 6.45) is 0. The zero-order valence-corrected chi connectivity index (χ0v) is 11.4. The van der Waals surface area contributed by atoms with E-state index < -0.39 is 8.07 Å². The number of benzene rings is 1. The summed E-state index contributed by atoms with van der Waals surface area (Å²) in [5, 5.41) is 9.33. The molecule has 0 aliphatic carbocycles. The number of hydrogen-bond acceptors (Lipinski definition) is 2. The van der Waals surface area contributed by atoms with E-state index in [-0.39, 0.29) is 7.69 Å². The van der Waals surface area contributed by atoms with Gasteiger partial charge in [-0.25, -0.2) is 0 Å². The standard InChI is InChI=1S/C11H14BClO2Si/c1-16(2,3)7-6-9-4-5-10(13)8-11(9)15-12-14/h4-5,8,12,14H,1-3H3. The SMILES string of the molecule is C[Si](C)(C)C#Cc1ccc(Cl)cc1OBO. The lowest BCUT2D eigenvalue weighted by atomic mass is 10.2. The minimum Gasteiger partial charge on any atom is -0.538 e. The van der Waals surface area contributed by atoms with Crippen LogP contribution in [0.25, 0.3) is 0 Å². The molecular weight excluding hydrogens is 238 g/mol. The Morgan fingerprint density at radius 3 is 2.62 bits per heavy atom. The maximum atomic E-state index is 8.76. The van der Waals surface area contributed by atoms with Gasteiger partial charge in [0.1, 0.15) is 13.8 Å². The molecule has 1 aromatic carbocycles. The molecule has 0 aliphatic rings. The lowest BCUT2D eigenvalue weighted by Crippen LogP contribution is -2.16. The number of halogens is 1. The van der Waals surface area contributed by atoms with Crippen LogP contribution in [-0.2, 0) is 0 Å². The molecule has 0 unspecified atom stereocenters. The first-order valence-electron chi connectivity index (χ1n) is 4.99. The van der Waals surface area contributed by atoms with Crippen molar-refractivity contribution in [2.45, 2.75) is 19.6 Å². The van der Waals surface area contributed by atoms with Crippen molar-refractivity contribution in [1.82, 2.24) is 0 Å². The highest BCUT2D eigenvalue weighted by Gasteiger charge is 2.08. The molecule has 1 aromatic rings. The van der Waals surface area contributed by atoms with Crippen molar-refractivity contribution in [1.29, 1.82) is 0 Å². The molecule has 1 N–H and O–H groups in total. The Balaban J connectivity index is 3.06. The molecule has 16 heavy (non-hydrogen) atoms. The van der Waals surface area contributed by atoms with Crippen LogP contribution in [0.15, 0.2) is 18.2 Å². The second kappa shape index (κ2) is 5.44. The Hall–Kier alpha value is -0.888. The van der Waals surface area contributed by atoms with Gasteiger partial charge in [-0.3, -0.25) is 0 Å². The Morgan fingerprint density at radius 2 is 2.06 bits per heavy atom. The Labute approximate surface area is 103 Å². The van der Waals surface area contributed by atoms with E-state index in [0.29, 0.717) is 10.8 Å². The summed E-state index contributed by atoms with van der Waals surface area (Å²) < 4.78 is 5.07. The maximum Gasteiger partial charge on any atom is 0.504 e. The van der Waals surface area contributed by atoms with Crippen molar-refractivity contribution in [3.63, 3.8) is 0 Å². The van der Waals surface area contributed by atoms with Gasteiger partial charge in [0.2, 0.25) is 0 Å². The topological polar surface area (TPSA) is 29.5 Å². The van der Waals surface area contributed by atoms with Gasteiger partial charge < -0.3 is 9.68 Å². The van der Waals surface area contributed by atoms with Crippen LogP contribution in [0.4, 0.5) is 0 Å². The summed E-state index contributed by atoms with van der Waals surface area (Å²) in [4.78, 5) is 0. The third-order valence-corrected chi connectivity index (χ3v) is 2.85. The van der Waals surface area contributed by atoms with Gasteiger partial charge in [-0.1, -0.05) is 37.2 Å². The van der Waals surface area contributed by atoms with Crippen molar-refractivity contribution in [2.75, 3.05) is 0 Å². The normalized spacial score (nSPS) is 10.3. The molecule has 0 atom stereocenters. The van der Waals surface area contributed by atoms with Crippen LogP contribution < -0.4 is 4.65 Å². The first-order chi connectivity index (χ1) is 7.42. The highest BCUT2D eigenvalue weighted by molar-refractivity contribution is 6.83. The van der Waals surface area contributed by atoms with Crippen LogP contribution >= 0.6 is 11.6 Å². The van der Waals surface area contributed by atoms with Crippen LogP contribution in [0.3, 0.4) is 0 Å². The van der Waals surface area contributed by atoms with E-state index in [9.17, 15) is 0 Å². The Bertz CT molecular complexity index is 432. The van der Waals surface area contributed by atoms with Gasteiger partial charge >= 0.3 is 7.69 Å². The molecule has 1 rings (SSSR count). The molecule has 0 amide bonds. The molecule has 0 aliphatic heterocycles. The quantitative estimate of drug-likeness (QED) is 0.646. The lowest BCUT2D eigenvalue weighted by Gasteiger charge is -2.07. The predicted molar refractivity (Wildman–Crippen MR) is 71.7 cm³/mol. The molecule has 0 saturated heterocycles. The van der Waals surface area contributed by atoms with E-state index in [1.54, 1.807) is 18.2 Å². The molecule has 0 aromatic heterocycles. The van der Waals surface area contributed by atoms with E-state index in [1.807, 2.05) is 0 Å². The fourth-order valence-corrected chi connectivity index (χ4v) is 1.71. The summed E-state index contributed by atoms with van der Waals surface area (Å²) >= 11 is 5.84. The van der Waals surface area contributed by atoms with Crippen LogP contribution in [0.2, 0.25) is 24.7 Å². The van der Waals surface area contributed by atoms with Crippen LogP contribution in [0.5, 0.6) is 5.75 Å². The van der Waals surface area contributed by atoms with Crippen molar-refractivity contribution in [3.8, 4) is 17.2 Å². The van der Waals surface area contributed by atoms with Gasteiger partial charge in [0.15, 0.2) is 0 Å². The summed E-state index contributed by atoms with van der Waals surface area (Å²) in [6.45, 7) is 6.51. The van der Waals surface area contributed by atoms with Crippen molar-refractivity contribution in [3.05, 3.63) is 28.8 Å². The van der Waals surface area contributed by atoms with Gasteiger partial charge in [0.05, 0.1) is 5.56 Å². The maximum absolute atomic E-state index is 8.76. The molecule has 0 heterocycles. The fourth-order valence-electron chi connectivity index (χ4n) is 1.04. The van der Waals surface area contributed by atoms with Gasteiger partial charge in [-0.05, 0) is 18.2 Å². The van der Waals surface area contributed by atoms with E-state index in [2.05, 4.69) is 31.1 Å². The predicted octanol–water partition coefficient (Wildman–Crippen LogP) is 2.21. The summed E-state index contributed by atoms with van der Waals surface area (Å²) in [5.74, 6) is 3.61. The lowest BCUT2D eigenvalue weighted by molar-refractivity contribution is 0.453. The molecule has 2 nitrogen and oxygen atoms in total. The minimum atomic E-state index is -1.41. The average molecular weight is 253 g/mol. The Morgan fingerprint density at radius 1 is 1.38 bits per heavy atom. The zero-order valence-electron chi connectivity index (χ0n) is 9.67. The summed E-state index contributed by atoms with van der Waals surface area (Å²) in [7, 11) is -1.78. The third kappa shape index (κ3) is 4.32. The molecule has 84 valence electrons. The molecule has 0 radical (unpaired) electrons. The summed E-state index contributed by atoms with van der Waals surface area (Å²) in [5.41, 5.74) is 4.01. The first-order valence-corrected chi connectivity index (χ1v) is 8.86. The zero-order chi connectivity index (χ0) is 12.2. The largest absolute Gasteiger partial charge is 0.538 e. The smallest absolute Gasteiger partial charge is 0.504 e. The van der Waals surface area contributed by atoms with Gasteiger partial charge in [-0.2, -0.15) is 0 Å². The molecule has 0 bridgehead atoms. The Kier molecular flexibility index (Phi) is 4.48. The monoisotopic (exact) mass is 252 g/mol. The fraction of sp³-hybridized carbons (Fsp3) is 0.273. The van der Waals surface area contributed by atoms with Crippen molar-refractivity contribution < 1.29 is 9.68 Å². The third-order valence-electron chi connectivity index (χ3n) is 1.74. The van der Waals surface area contributed by atoms with E-state index in [4.69, 9.17) is 21.3 Å². The van der Waals surface area contributed by atoms with Crippen LogP contribution in [0, 0.1) is 11.5 Å². The number of rotatable bonds is 2. The van der Waals surface area contributed by atoms with Crippen LogP contribution in [-0.4, -0.2) is 20.8 Å². The van der Waals surface area contributed by atoms with E-state index in [1.165, 1.54) is 0 Å². The highest BCUT2D eigenvalue weighted by Crippen LogP contribution is 2.22. The van der Waals surface area contributed by atoms with Gasteiger partial charge in [0, 0.05) is 5.02 Å². The van der Waals surface area contributed by atoms with Gasteiger partial charge in [-0.15, -0.1) is 5.54 Å². The average Bonchev–Trinajstić information content (AvgIpc) is 2.15. The van der Waals surface area contributed by atoms with E-state index in [0.717, 1.165) is 5.56 Å². The van der Waals surface area contributed by atoms with E-state index >= 15 is 0 Å². The molecular formula is C11H14BClO2Si. The minimum absolute atomic E-state index is 0.373. The number of hydrogen-bond donors (Lipinski definition) is 1. The molecule has 0 spiro atoms. The van der Waals surface area contributed by atoms with Crippen molar-refractivity contribution >= 4 is 27.4 Å². The summed E-state index contributed by atoms with van der Waals surface area (Å²) in [6, 6.07) is 5.23. The van der Waals surface area contributed by atoms with Crippen molar-refractivity contribution in [2.24, 2.45) is 0 Å². The second-order valence-electron chi connectivity index (χ2n) is 4.41. The highest BCUT2D eigenvalue weighted by atomic mass is 35.5.